The summed E-state index contributed by atoms with van der Waals surface area (Å²) in [6, 6.07) is 9.72. The monoisotopic (exact) mass is 477 g/mol. The van der Waals surface area contributed by atoms with E-state index in [1.807, 2.05) is 20.8 Å². The Balaban J connectivity index is 1.68. The minimum absolute atomic E-state index is 0.0898. The van der Waals surface area contributed by atoms with Crippen LogP contribution in [0.2, 0.25) is 0 Å². The van der Waals surface area contributed by atoms with E-state index in [4.69, 9.17) is 9.47 Å². The van der Waals surface area contributed by atoms with Crippen LogP contribution in [0.1, 0.15) is 26.3 Å². The van der Waals surface area contributed by atoms with Gasteiger partial charge in [-0.25, -0.2) is 4.79 Å². The van der Waals surface area contributed by atoms with Gasteiger partial charge in [-0.15, -0.1) is 0 Å². The van der Waals surface area contributed by atoms with Gasteiger partial charge in [0.2, 0.25) is 0 Å². The van der Waals surface area contributed by atoms with Crippen LogP contribution < -0.4 is 4.74 Å². The van der Waals surface area contributed by atoms with Crippen LogP contribution in [-0.2, 0) is 17.5 Å². The van der Waals surface area contributed by atoms with E-state index in [1.165, 1.54) is 47.3 Å². The summed E-state index contributed by atoms with van der Waals surface area (Å²) < 4.78 is 50.5. The number of hydrogen-bond acceptors (Lipinski definition) is 6. The first kappa shape index (κ1) is 24.7. The molecule has 3 aromatic rings. The number of carbonyl (C=O) groups is 1. The second-order valence-electron chi connectivity index (χ2n) is 8.60. The molecule has 0 aliphatic carbocycles. The smallest absolute Gasteiger partial charge is 0.428 e. The molecule has 0 spiro atoms. The molecule has 0 fully saturated rings. The van der Waals surface area contributed by atoms with Gasteiger partial charge < -0.3 is 9.47 Å². The minimum Gasteiger partial charge on any atom is -0.428 e. The molecule has 0 saturated heterocycles. The minimum atomic E-state index is -4.41. The second kappa shape index (κ2) is 9.54. The third-order valence-electron chi connectivity index (χ3n) is 4.98. The highest BCUT2D eigenvalue weighted by Crippen LogP contribution is 2.31. The number of aromatic nitrogens is 2. The molecule has 0 N–H and O–H groups in total. The highest BCUT2D eigenvalue weighted by Gasteiger charge is 2.31. The second-order valence-corrected chi connectivity index (χ2v) is 8.60. The standard InChI is InChI=1S/C23H22F3N3O5/c1-22(2,3)20(34-21(30)33-19-10-8-18(9-11-19)29(31)32)14-28-13-16(12-27-28)15-4-6-17(7-5-15)23(24,25)26/h4-13,20H,14H2,1-3H3/t20-/m1/s1. The van der Waals surface area contributed by atoms with Crippen LogP contribution in [0.15, 0.2) is 60.9 Å². The molecule has 0 saturated carbocycles. The van der Waals surface area contributed by atoms with Crippen LogP contribution in [0.3, 0.4) is 0 Å². The van der Waals surface area contributed by atoms with E-state index in [9.17, 15) is 28.1 Å². The fraction of sp³-hybridized carbons (Fsp3) is 0.304. The van der Waals surface area contributed by atoms with Gasteiger partial charge in [-0.1, -0.05) is 32.9 Å². The first-order valence-corrected chi connectivity index (χ1v) is 10.2. The molecule has 1 aromatic heterocycles. The quantitative estimate of drug-likeness (QED) is 0.184. The lowest BCUT2D eigenvalue weighted by atomic mass is 9.89. The van der Waals surface area contributed by atoms with Gasteiger partial charge in [0.25, 0.3) is 5.69 Å². The van der Waals surface area contributed by atoms with Crippen molar-refractivity contribution in [2.75, 3.05) is 0 Å². The van der Waals surface area contributed by atoms with Gasteiger partial charge in [0.05, 0.1) is 23.2 Å². The van der Waals surface area contributed by atoms with Crippen molar-refractivity contribution in [1.82, 2.24) is 9.78 Å². The van der Waals surface area contributed by atoms with E-state index < -0.39 is 34.3 Å². The van der Waals surface area contributed by atoms with Gasteiger partial charge in [0.15, 0.2) is 0 Å². The third-order valence-corrected chi connectivity index (χ3v) is 4.98. The molecule has 0 aliphatic heterocycles. The number of non-ortho nitro benzene ring substituents is 1. The lowest BCUT2D eigenvalue weighted by Crippen LogP contribution is -2.36. The highest BCUT2D eigenvalue weighted by atomic mass is 19.4. The molecule has 0 amide bonds. The molecule has 0 aliphatic rings. The molecule has 0 bridgehead atoms. The number of ether oxygens (including phenoxy) is 2. The number of benzene rings is 2. The predicted molar refractivity (Wildman–Crippen MR) is 116 cm³/mol. The normalized spacial score (nSPS) is 12.8. The largest absolute Gasteiger partial charge is 0.514 e. The summed E-state index contributed by atoms with van der Waals surface area (Å²) >= 11 is 0. The van der Waals surface area contributed by atoms with Crippen LogP contribution in [-0.4, -0.2) is 27.0 Å². The topological polar surface area (TPSA) is 96.5 Å². The van der Waals surface area contributed by atoms with Crippen molar-refractivity contribution < 1.29 is 32.4 Å². The summed E-state index contributed by atoms with van der Waals surface area (Å²) in [4.78, 5) is 22.5. The summed E-state index contributed by atoms with van der Waals surface area (Å²) in [5.41, 5.74) is -0.221. The Kier molecular flexibility index (Phi) is 6.94. The van der Waals surface area contributed by atoms with Crippen LogP contribution in [0.25, 0.3) is 11.1 Å². The number of rotatable bonds is 6. The molecule has 11 heteroatoms. The molecule has 3 rings (SSSR count). The summed E-state index contributed by atoms with van der Waals surface area (Å²) in [7, 11) is 0. The molecular weight excluding hydrogens is 455 g/mol. The molecule has 0 unspecified atom stereocenters. The number of nitro groups is 1. The molecule has 1 atom stereocenters. The maximum absolute atomic E-state index is 12.8. The van der Waals surface area contributed by atoms with Crippen molar-refractivity contribution in [3.05, 3.63) is 76.6 Å². The zero-order chi connectivity index (χ0) is 25.1. The van der Waals surface area contributed by atoms with Crippen LogP contribution in [0, 0.1) is 15.5 Å². The summed E-state index contributed by atoms with van der Waals surface area (Å²) in [6.45, 7) is 5.74. The lowest BCUT2D eigenvalue weighted by molar-refractivity contribution is -0.384. The number of nitro benzene ring substituents is 1. The molecule has 180 valence electrons. The molecule has 2 aromatic carbocycles. The van der Waals surface area contributed by atoms with E-state index in [0.717, 1.165) is 12.1 Å². The zero-order valence-corrected chi connectivity index (χ0v) is 18.6. The maximum Gasteiger partial charge on any atom is 0.514 e. The van der Waals surface area contributed by atoms with Gasteiger partial charge in [-0.3, -0.25) is 14.8 Å². The first-order valence-electron chi connectivity index (χ1n) is 10.2. The van der Waals surface area contributed by atoms with Gasteiger partial charge >= 0.3 is 12.3 Å². The van der Waals surface area contributed by atoms with Gasteiger partial charge in [0.1, 0.15) is 11.9 Å². The van der Waals surface area contributed by atoms with Crippen LogP contribution in [0.5, 0.6) is 5.75 Å². The van der Waals surface area contributed by atoms with E-state index in [1.54, 1.807) is 6.20 Å². The van der Waals surface area contributed by atoms with Crippen molar-refractivity contribution in [2.24, 2.45) is 5.41 Å². The van der Waals surface area contributed by atoms with Crippen molar-refractivity contribution >= 4 is 11.8 Å². The Bertz CT molecular complexity index is 1150. The number of carbonyl (C=O) groups excluding carboxylic acids is 1. The predicted octanol–water partition coefficient (Wildman–Crippen LogP) is 6.11. The molecular formula is C23H22F3N3O5. The van der Waals surface area contributed by atoms with Crippen LogP contribution >= 0.6 is 0 Å². The van der Waals surface area contributed by atoms with Gasteiger partial charge in [-0.05, 0) is 29.8 Å². The Labute approximate surface area is 193 Å². The summed E-state index contributed by atoms with van der Waals surface area (Å²) in [6.07, 6.45) is -2.91. The number of hydrogen-bond donors (Lipinski definition) is 0. The fourth-order valence-corrected chi connectivity index (χ4v) is 2.99. The first-order chi connectivity index (χ1) is 15.8. The van der Waals surface area contributed by atoms with Gasteiger partial charge in [0, 0.05) is 29.3 Å². The Morgan fingerprint density at radius 2 is 1.68 bits per heavy atom. The molecule has 34 heavy (non-hydrogen) atoms. The number of nitrogens with zero attached hydrogens (tertiary/aromatic N) is 3. The SMILES string of the molecule is CC(C)(C)[C@@H](Cn1cc(-c2ccc(C(F)(F)F)cc2)cn1)OC(=O)Oc1ccc([N+](=O)[O-])cc1. The van der Waals surface area contributed by atoms with Crippen molar-refractivity contribution in [3.63, 3.8) is 0 Å². The van der Waals surface area contributed by atoms with Crippen molar-refractivity contribution in [3.8, 4) is 16.9 Å². The van der Waals surface area contributed by atoms with Crippen molar-refractivity contribution in [1.29, 1.82) is 0 Å². The zero-order valence-electron chi connectivity index (χ0n) is 18.6. The Hall–Kier alpha value is -3.89. The number of halogens is 3. The van der Waals surface area contributed by atoms with E-state index in [-0.39, 0.29) is 18.0 Å². The van der Waals surface area contributed by atoms with E-state index >= 15 is 0 Å². The highest BCUT2D eigenvalue weighted by molar-refractivity contribution is 5.64. The molecule has 0 radical (unpaired) electrons. The maximum atomic E-state index is 12.8. The summed E-state index contributed by atoms with van der Waals surface area (Å²) in [5, 5.41) is 15.0. The molecule has 8 nitrogen and oxygen atoms in total. The van der Waals surface area contributed by atoms with E-state index in [2.05, 4.69) is 5.10 Å². The lowest BCUT2D eigenvalue weighted by Gasteiger charge is -2.29. The fourth-order valence-electron chi connectivity index (χ4n) is 2.99. The Morgan fingerprint density at radius 3 is 2.21 bits per heavy atom. The molecule has 1 heterocycles. The average molecular weight is 477 g/mol. The van der Waals surface area contributed by atoms with E-state index in [0.29, 0.717) is 11.1 Å². The van der Waals surface area contributed by atoms with Crippen LogP contribution in [0.4, 0.5) is 23.7 Å². The van der Waals surface area contributed by atoms with Gasteiger partial charge in [-0.2, -0.15) is 18.3 Å². The number of alkyl halides is 3. The Morgan fingerprint density at radius 1 is 1.06 bits per heavy atom. The van der Waals surface area contributed by atoms with Crippen molar-refractivity contribution in [2.45, 2.75) is 39.6 Å². The third kappa shape index (κ3) is 6.33. The summed E-state index contributed by atoms with van der Waals surface area (Å²) in [5.74, 6) is 0.0898. The average Bonchev–Trinajstić information content (AvgIpc) is 3.21.